The quantitative estimate of drug-likeness (QED) is 0.534. The third kappa shape index (κ3) is 2.32. The summed E-state index contributed by atoms with van der Waals surface area (Å²) in [6.45, 7) is 0.0810. The van der Waals surface area contributed by atoms with E-state index in [0.717, 1.165) is 4.57 Å². The summed E-state index contributed by atoms with van der Waals surface area (Å²) in [5.41, 5.74) is 2.73. The average molecular weight is 335 g/mol. The van der Waals surface area contributed by atoms with Crippen LogP contribution in [0.25, 0.3) is 11.2 Å². The highest BCUT2D eigenvalue weighted by atomic mass is 35.5. The lowest BCUT2D eigenvalue weighted by Gasteiger charge is -2.09. The van der Waals surface area contributed by atoms with E-state index in [-0.39, 0.29) is 17.7 Å². The molecule has 0 aliphatic heterocycles. The Morgan fingerprint density at radius 2 is 1.91 bits per heavy atom. The topological polar surface area (TPSA) is 99.9 Å². The van der Waals surface area contributed by atoms with Crippen LogP contribution in [0.2, 0.25) is 5.02 Å². The van der Waals surface area contributed by atoms with Gasteiger partial charge in [0.05, 0.1) is 6.54 Å². The summed E-state index contributed by atoms with van der Waals surface area (Å²) >= 11 is 6.13. The molecule has 2 aromatic heterocycles. The van der Waals surface area contributed by atoms with Gasteiger partial charge >= 0.3 is 5.69 Å². The number of nitrogen functional groups attached to an aromatic ring is 1. The molecule has 3 aromatic rings. The first-order valence-corrected chi connectivity index (χ1v) is 7.19. The molecule has 1 aromatic carbocycles. The second kappa shape index (κ2) is 5.56. The average Bonchev–Trinajstić information content (AvgIpc) is 2.88. The lowest BCUT2D eigenvalue weighted by Crippen LogP contribution is -2.39. The van der Waals surface area contributed by atoms with Crippen molar-refractivity contribution in [3.05, 3.63) is 55.7 Å². The van der Waals surface area contributed by atoms with Crippen LogP contribution in [-0.4, -0.2) is 18.7 Å². The SMILES string of the molecule is Cn1c(NN)nc2c1c(=O)n(Cc1ccccc1Cl)c(=O)n2C. The van der Waals surface area contributed by atoms with Gasteiger partial charge in [-0.25, -0.2) is 10.6 Å². The van der Waals surface area contributed by atoms with Crippen LogP contribution < -0.4 is 22.5 Å². The number of hydrogen-bond donors (Lipinski definition) is 2. The Morgan fingerprint density at radius 3 is 2.57 bits per heavy atom. The zero-order valence-electron chi connectivity index (χ0n) is 12.6. The molecular weight excluding hydrogens is 320 g/mol. The Kier molecular flexibility index (Phi) is 3.70. The molecule has 23 heavy (non-hydrogen) atoms. The first kappa shape index (κ1) is 15.3. The van der Waals surface area contributed by atoms with Crippen molar-refractivity contribution >= 4 is 28.7 Å². The molecule has 9 heteroatoms. The number of imidazole rings is 1. The number of aromatic nitrogens is 4. The van der Waals surface area contributed by atoms with Crippen LogP contribution in [0.4, 0.5) is 5.95 Å². The summed E-state index contributed by atoms with van der Waals surface area (Å²) in [5, 5.41) is 0.496. The molecule has 0 fully saturated rings. The number of aryl methyl sites for hydroxylation is 2. The number of hydrogen-bond acceptors (Lipinski definition) is 5. The Bertz CT molecular complexity index is 1020. The van der Waals surface area contributed by atoms with Crippen LogP contribution in [0.1, 0.15) is 5.56 Å². The Balaban J connectivity index is 2.30. The van der Waals surface area contributed by atoms with Crippen molar-refractivity contribution in [3.8, 4) is 0 Å². The van der Waals surface area contributed by atoms with E-state index < -0.39 is 11.2 Å². The Morgan fingerprint density at radius 1 is 1.22 bits per heavy atom. The van der Waals surface area contributed by atoms with Gasteiger partial charge in [0, 0.05) is 19.1 Å². The maximum absolute atomic E-state index is 12.7. The molecule has 0 bridgehead atoms. The summed E-state index contributed by atoms with van der Waals surface area (Å²) < 4.78 is 3.96. The largest absolute Gasteiger partial charge is 0.332 e. The molecule has 120 valence electrons. The number of fused-ring (bicyclic) bond motifs is 1. The maximum atomic E-state index is 12.7. The van der Waals surface area contributed by atoms with Crippen LogP contribution >= 0.6 is 11.6 Å². The van der Waals surface area contributed by atoms with Gasteiger partial charge in [-0.1, -0.05) is 29.8 Å². The number of anilines is 1. The predicted octanol–water partition coefficient (Wildman–Crippen LogP) is 0.421. The van der Waals surface area contributed by atoms with Gasteiger partial charge in [0.15, 0.2) is 11.2 Å². The number of nitrogens with one attached hydrogen (secondary N) is 1. The summed E-state index contributed by atoms with van der Waals surface area (Å²) in [7, 11) is 3.21. The van der Waals surface area contributed by atoms with Crippen LogP contribution in [0.15, 0.2) is 33.9 Å². The molecule has 0 amide bonds. The first-order valence-electron chi connectivity index (χ1n) is 6.82. The number of benzene rings is 1. The normalized spacial score (nSPS) is 11.1. The molecule has 0 aliphatic rings. The predicted molar refractivity (Wildman–Crippen MR) is 88.6 cm³/mol. The number of nitrogens with zero attached hydrogens (tertiary/aromatic N) is 4. The van der Waals surface area contributed by atoms with Crippen molar-refractivity contribution < 1.29 is 0 Å². The number of hydrazine groups is 1. The van der Waals surface area contributed by atoms with Gasteiger partial charge in [0.25, 0.3) is 5.56 Å². The summed E-state index contributed by atoms with van der Waals surface area (Å²) in [5.74, 6) is 5.68. The van der Waals surface area contributed by atoms with Crippen LogP contribution in [0, 0.1) is 0 Å². The van der Waals surface area contributed by atoms with E-state index in [1.807, 2.05) is 0 Å². The first-order chi connectivity index (χ1) is 11.0. The number of rotatable bonds is 3. The molecule has 8 nitrogen and oxygen atoms in total. The van der Waals surface area contributed by atoms with Gasteiger partial charge in [0.1, 0.15) is 0 Å². The van der Waals surface area contributed by atoms with Crippen LogP contribution in [0.5, 0.6) is 0 Å². The molecule has 0 radical (unpaired) electrons. The molecule has 0 spiro atoms. The van der Waals surface area contributed by atoms with Crippen molar-refractivity contribution in [2.24, 2.45) is 19.9 Å². The number of nitrogens with two attached hydrogens (primary N) is 1. The van der Waals surface area contributed by atoms with Crippen LogP contribution in [0.3, 0.4) is 0 Å². The smallest absolute Gasteiger partial charge is 0.306 e. The molecule has 2 heterocycles. The lowest BCUT2D eigenvalue weighted by molar-refractivity contribution is 0.655. The van der Waals surface area contributed by atoms with Gasteiger partial charge < -0.3 is 4.57 Å². The maximum Gasteiger partial charge on any atom is 0.332 e. The zero-order chi connectivity index (χ0) is 16.7. The lowest BCUT2D eigenvalue weighted by atomic mass is 10.2. The minimum absolute atomic E-state index is 0.0810. The minimum atomic E-state index is -0.468. The fourth-order valence-electron chi connectivity index (χ4n) is 2.51. The van der Waals surface area contributed by atoms with E-state index in [1.165, 1.54) is 9.13 Å². The van der Waals surface area contributed by atoms with E-state index in [9.17, 15) is 9.59 Å². The van der Waals surface area contributed by atoms with Crippen molar-refractivity contribution in [3.63, 3.8) is 0 Å². The third-order valence-electron chi connectivity index (χ3n) is 3.78. The monoisotopic (exact) mass is 334 g/mol. The van der Waals surface area contributed by atoms with Gasteiger partial charge in [-0.15, -0.1) is 0 Å². The summed E-state index contributed by atoms with van der Waals surface area (Å²) in [6.07, 6.45) is 0. The molecular formula is C14H15ClN6O2. The minimum Gasteiger partial charge on any atom is -0.306 e. The molecule has 0 aliphatic carbocycles. The van der Waals surface area contributed by atoms with Crippen molar-refractivity contribution in [2.75, 3.05) is 5.43 Å². The molecule has 0 saturated heterocycles. The van der Waals surface area contributed by atoms with E-state index in [1.54, 1.807) is 38.4 Å². The highest BCUT2D eigenvalue weighted by molar-refractivity contribution is 6.31. The summed E-state index contributed by atoms with van der Waals surface area (Å²) in [4.78, 5) is 29.4. The Hall–Kier alpha value is -2.58. The fourth-order valence-corrected chi connectivity index (χ4v) is 2.70. The van der Waals surface area contributed by atoms with Crippen molar-refractivity contribution in [2.45, 2.75) is 6.54 Å². The molecule has 0 saturated carbocycles. The molecule has 3 rings (SSSR count). The number of halogens is 1. The van der Waals surface area contributed by atoms with Gasteiger partial charge in [-0.2, -0.15) is 4.98 Å². The third-order valence-corrected chi connectivity index (χ3v) is 4.14. The second-order valence-electron chi connectivity index (χ2n) is 5.14. The molecule has 3 N–H and O–H groups in total. The fraction of sp³-hybridized carbons (Fsp3) is 0.214. The van der Waals surface area contributed by atoms with Crippen LogP contribution in [-0.2, 0) is 20.6 Å². The van der Waals surface area contributed by atoms with Gasteiger partial charge in [-0.05, 0) is 11.6 Å². The summed E-state index contributed by atoms with van der Waals surface area (Å²) in [6, 6.07) is 7.08. The van der Waals surface area contributed by atoms with Crippen molar-refractivity contribution in [1.29, 1.82) is 0 Å². The van der Waals surface area contributed by atoms with Gasteiger partial charge in [-0.3, -0.25) is 19.4 Å². The Labute approximate surface area is 135 Å². The van der Waals surface area contributed by atoms with Crippen molar-refractivity contribution in [1.82, 2.24) is 18.7 Å². The standard InChI is InChI=1S/C14H15ClN6O2/c1-19-10-11(17-13(19)18-16)20(2)14(23)21(12(10)22)7-8-5-3-4-6-9(8)15/h3-6H,7,16H2,1-2H3,(H,17,18). The molecule has 0 atom stereocenters. The van der Waals surface area contributed by atoms with Gasteiger partial charge in [0.2, 0.25) is 5.95 Å². The zero-order valence-corrected chi connectivity index (χ0v) is 13.3. The van der Waals surface area contributed by atoms with E-state index in [4.69, 9.17) is 17.4 Å². The van der Waals surface area contributed by atoms with E-state index in [0.29, 0.717) is 16.5 Å². The highest BCUT2D eigenvalue weighted by Gasteiger charge is 2.18. The highest BCUT2D eigenvalue weighted by Crippen LogP contribution is 2.16. The van der Waals surface area contributed by atoms with E-state index >= 15 is 0 Å². The van der Waals surface area contributed by atoms with E-state index in [2.05, 4.69) is 10.4 Å². The molecule has 0 unspecified atom stereocenters. The second-order valence-corrected chi connectivity index (χ2v) is 5.54.